The summed E-state index contributed by atoms with van der Waals surface area (Å²) in [4.78, 5) is 12.6. The van der Waals surface area contributed by atoms with E-state index in [1.165, 1.54) is 11.1 Å². The number of sulfone groups is 1. The van der Waals surface area contributed by atoms with Crippen LogP contribution in [0.4, 0.5) is 0 Å². The van der Waals surface area contributed by atoms with Gasteiger partial charge >= 0.3 is 0 Å². The Bertz CT molecular complexity index is 841. The van der Waals surface area contributed by atoms with Gasteiger partial charge in [-0.2, -0.15) is 0 Å². The van der Waals surface area contributed by atoms with Crippen molar-refractivity contribution in [3.05, 3.63) is 34.9 Å². The second-order valence-corrected chi connectivity index (χ2v) is 11.5. The van der Waals surface area contributed by atoms with E-state index >= 15 is 0 Å². The highest BCUT2D eigenvalue weighted by atomic mass is 32.2. The third-order valence-electron chi connectivity index (χ3n) is 6.06. The van der Waals surface area contributed by atoms with Gasteiger partial charge in [-0.1, -0.05) is 33.8 Å². The number of amides is 1. The van der Waals surface area contributed by atoms with Crippen LogP contribution in [0.3, 0.4) is 0 Å². The average molecular weight is 380 g/mol. The molecular formula is C20H29NO4S. The monoisotopic (exact) mass is 379 g/mol. The Kier molecular flexibility index (Phi) is 4.51. The highest BCUT2D eigenvalue weighted by Crippen LogP contribution is 2.45. The van der Waals surface area contributed by atoms with Crippen LogP contribution in [-0.4, -0.2) is 43.1 Å². The predicted octanol–water partition coefficient (Wildman–Crippen LogP) is 2.32. The van der Waals surface area contributed by atoms with Crippen LogP contribution < -0.4 is 5.32 Å². The summed E-state index contributed by atoms with van der Waals surface area (Å²) in [7, 11) is -3.21. The van der Waals surface area contributed by atoms with E-state index in [0.717, 1.165) is 12.8 Å². The van der Waals surface area contributed by atoms with Crippen molar-refractivity contribution in [2.45, 2.75) is 63.4 Å². The lowest BCUT2D eigenvalue weighted by Gasteiger charge is -2.42. The lowest BCUT2D eigenvalue weighted by molar-refractivity contribution is 0.0609. The molecule has 5 nitrogen and oxygen atoms in total. The number of hydrogen-bond donors (Lipinski definition) is 2. The molecular weight excluding hydrogens is 350 g/mol. The highest BCUT2D eigenvalue weighted by molar-refractivity contribution is 7.91. The minimum atomic E-state index is -3.21. The molecule has 144 valence electrons. The van der Waals surface area contributed by atoms with E-state index in [1.54, 1.807) is 0 Å². The summed E-state index contributed by atoms with van der Waals surface area (Å²) < 4.78 is 23.2. The van der Waals surface area contributed by atoms with Gasteiger partial charge in [0, 0.05) is 12.1 Å². The molecule has 1 fully saturated rings. The number of carbonyl (C=O) groups excluding carboxylic acids is 1. The molecule has 1 aromatic rings. The van der Waals surface area contributed by atoms with E-state index in [-0.39, 0.29) is 41.2 Å². The summed E-state index contributed by atoms with van der Waals surface area (Å²) in [5, 5.41) is 13.1. The van der Waals surface area contributed by atoms with E-state index in [0.29, 0.717) is 5.56 Å². The molecule has 2 aliphatic rings. The molecule has 1 aliphatic carbocycles. The summed E-state index contributed by atoms with van der Waals surface area (Å²) in [6.07, 6.45) is 2.34. The smallest absolute Gasteiger partial charge is 0.251 e. The normalized spacial score (nSPS) is 28.3. The zero-order valence-electron chi connectivity index (χ0n) is 16.1. The number of aliphatic hydroxyl groups is 1. The van der Waals surface area contributed by atoms with E-state index in [4.69, 9.17) is 0 Å². The molecule has 6 heteroatoms. The van der Waals surface area contributed by atoms with Gasteiger partial charge in [-0.25, -0.2) is 8.42 Å². The molecule has 0 saturated carbocycles. The Labute approximate surface area is 156 Å². The van der Waals surface area contributed by atoms with Crippen LogP contribution >= 0.6 is 0 Å². The molecule has 1 saturated heterocycles. The SMILES string of the molecule is CC1(C)CCC(C)(C)c2cc(C(=O)NCC3(O)CCS(=O)(=O)C3)ccc21. The minimum Gasteiger partial charge on any atom is -0.387 e. The maximum Gasteiger partial charge on any atom is 0.251 e. The van der Waals surface area contributed by atoms with Gasteiger partial charge in [0.25, 0.3) is 5.91 Å². The van der Waals surface area contributed by atoms with Crippen molar-refractivity contribution >= 4 is 15.7 Å². The van der Waals surface area contributed by atoms with Gasteiger partial charge in [0.1, 0.15) is 0 Å². The summed E-state index contributed by atoms with van der Waals surface area (Å²) in [5.74, 6) is -0.586. The van der Waals surface area contributed by atoms with Crippen LogP contribution in [0.1, 0.15) is 68.4 Å². The van der Waals surface area contributed by atoms with E-state index in [2.05, 4.69) is 33.0 Å². The predicted molar refractivity (Wildman–Crippen MR) is 102 cm³/mol. The molecule has 1 aliphatic heterocycles. The quantitative estimate of drug-likeness (QED) is 0.844. The number of fused-ring (bicyclic) bond motifs is 1. The van der Waals surface area contributed by atoms with E-state index in [1.807, 2.05) is 18.2 Å². The van der Waals surface area contributed by atoms with Crippen molar-refractivity contribution in [2.24, 2.45) is 0 Å². The van der Waals surface area contributed by atoms with Gasteiger partial charge in [0.15, 0.2) is 9.84 Å². The Morgan fingerprint density at radius 2 is 1.69 bits per heavy atom. The molecule has 0 spiro atoms. The second-order valence-electron chi connectivity index (χ2n) is 9.28. The molecule has 1 atom stereocenters. The van der Waals surface area contributed by atoms with Crippen LogP contribution in [0.5, 0.6) is 0 Å². The van der Waals surface area contributed by atoms with Gasteiger partial charge in [-0.3, -0.25) is 4.79 Å². The number of benzene rings is 1. The Hall–Kier alpha value is -1.40. The number of hydrogen-bond acceptors (Lipinski definition) is 4. The van der Waals surface area contributed by atoms with E-state index < -0.39 is 15.4 Å². The van der Waals surface area contributed by atoms with Crippen molar-refractivity contribution in [2.75, 3.05) is 18.1 Å². The van der Waals surface area contributed by atoms with Crippen LogP contribution in [0.25, 0.3) is 0 Å². The van der Waals surface area contributed by atoms with Crippen molar-refractivity contribution in [3.63, 3.8) is 0 Å². The maximum absolute atomic E-state index is 12.6. The molecule has 26 heavy (non-hydrogen) atoms. The van der Waals surface area contributed by atoms with Gasteiger partial charge in [-0.05, 0) is 53.4 Å². The van der Waals surface area contributed by atoms with Crippen molar-refractivity contribution in [3.8, 4) is 0 Å². The summed E-state index contributed by atoms with van der Waals surface area (Å²) >= 11 is 0. The van der Waals surface area contributed by atoms with Crippen molar-refractivity contribution < 1.29 is 18.3 Å². The van der Waals surface area contributed by atoms with Crippen LogP contribution in [0, 0.1) is 0 Å². The zero-order chi connectivity index (χ0) is 19.4. The fraction of sp³-hybridized carbons (Fsp3) is 0.650. The first-order chi connectivity index (χ1) is 11.8. The third kappa shape index (κ3) is 3.67. The Balaban J connectivity index is 1.79. The number of nitrogens with one attached hydrogen (secondary N) is 1. The maximum atomic E-state index is 12.6. The lowest BCUT2D eigenvalue weighted by atomic mass is 9.63. The standard InChI is InChI=1S/C20H29NO4S/c1-18(2)7-8-19(3,4)16-11-14(5-6-15(16)18)17(22)21-12-20(23)9-10-26(24,25)13-20/h5-6,11,23H,7-10,12-13H2,1-4H3,(H,21,22). The molecule has 1 unspecified atom stereocenters. The number of rotatable bonds is 3. The topological polar surface area (TPSA) is 83.5 Å². The third-order valence-corrected chi connectivity index (χ3v) is 7.86. The van der Waals surface area contributed by atoms with Crippen LogP contribution in [-0.2, 0) is 20.7 Å². The average Bonchev–Trinajstić information content (AvgIpc) is 2.83. The fourth-order valence-corrected chi connectivity index (χ4v) is 6.02. The Morgan fingerprint density at radius 1 is 1.08 bits per heavy atom. The molecule has 2 N–H and O–H groups in total. The molecule has 1 aromatic carbocycles. The largest absolute Gasteiger partial charge is 0.387 e. The first-order valence-electron chi connectivity index (χ1n) is 9.20. The van der Waals surface area contributed by atoms with Gasteiger partial charge in [0.2, 0.25) is 0 Å². The highest BCUT2D eigenvalue weighted by Gasteiger charge is 2.41. The van der Waals surface area contributed by atoms with Crippen LogP contribution in [0.15, 0.2) is 18.2 Å². The first-order valence-corrected chi connectivity index (χ1v) is 11.0. The van der Waals surface area contributed by atoms with Crippen molar-refractivity contribution in [1.29, 1.82) is 0 Å². The summed E-state index contributed by atoms with van der Waals surface area (Å²) in [6.45, 7) is 8.83. The molecule has 1 amide bonds. The second kappa shape index (κ2) is 6.06. The molecule has 0 radical (unpaired) electrons. The van der Waals surface area contributed by atoms with Gasteiger partial charge in [-0.15, -0.1) is 0 Å². The van der Waals surface area contributed by atoms with Gasteiger partial charge < -0.3 is 10.4 Å². The molecule has 3 rings (SSSR count). The van der Waals surface area contributed by atoms with Gasteiger partial charge in [0.05, 0.1) is 17.1 Å². The molecule has 1 heterocycles. The molecule has 0 aromatic heterocycles. The lowest BCUT2D eigenvalue weighted by Crippen LogP contribution is -2.44. The fourth-order valence-electron chi connectivity index (χ4n) is 4.12. The Morgan fingerprint density at radius 3 is 2.27 bits per heavy atom. The summed E-state index contributed by atoms with van der Waals surface area (Å²) in [5.41, 5.74) is 1.78. The molecule has 0 bridgehead atoms. The minimum absolute atomic E-state index is 0.0128. The van der Waals surface area contributed by atoms with Crippen molar-refractivity contribution in [1.82, 2.24) is 5.32 Å². The first kappa shape index (κ1) is 19.4. The van der Waals surface area contributed by atoms with Crippen LogP contribution in [0.2, 0.25) is 0 Å². The zero-order valence-corrected chi connectivity index (χ0v) is 16.9. The number of carbonyl (C=O) groups is 1. The summed E-state index contributed by atoms with van der Waals surface area (Å²) in [6, 6.07) is 5.83. The van der Waals surface area contributed by atoms with E-state index in [9.17, 15) is 18.3 Å².